The molecule has 1 atom stereocenters. The third-order valence-corrected chi connectivity index (χ3v) is 5.55. The molecule has 5 rings (SSSR count). The zero-order valence-corrected chi connectivity index (χ0v) is 14.3. The molecule has 0 bridgehead atoms. The molecular weight excluding hydrogens is 346 g/mol. The number of hydrogen-bond donors (Lipinski definition) is 0. The van der Waals surface area contributed by atoms with Crippen molar-refractivity contribution in [1.82, 2.24) is 0 Å². The van der Waals surface area contributed by atoms with Crippen LogP contribution in [0.5, 0.6) is 0 Å². The molecule has 2 aliphatic rings. The van der Waals surface area contributed by atoms with Crippen molar-refractivity contribution in [3.63, 3.8) is 0 Å². The van der Waals surface area contributed by atoms with Crippen molar-refractivity contribution in [2.45, 2.75) is 18.9 Å². The molecular formula is C21H16BrN. The predicted octanol–water partition coefficient (Wildman–Crippen LogP) is 5.74. The number of benzene rings is 3. The van der Waals surface area contributed by atoms with Gasteiger partial charge in [-0.2, -0.15) is 0 Å². The normalized spacial score (nSPS) is 17.8. The molecule has 0 aromatic heterocycles. The molecule has 0 N–H and O–H groups in total. The maximum absolute atomic E-state index is 3.60. The summed E-state index contributed by atoms with van der Waals surface area (Å²) in [5.74, 6) is 0. The lowest BCUT2D eigenvalue weighted by atomic mass is 9.95. The Morgan fingerprint density at radius 3 is 2.57 bits per heavy atom. The van der Waals surface area contributed by atoms with Crippen molar-refractivity contribution in [2.24, 2.45) is 0 Å². The summed E-state index contributed by atoms with van der Waals surface area (Å²) in [5.41, 5.74) is 8.43. The van der Waals surface area contributed by atoms with E-state index < -0.39 is 0 Å². The molecule has 112 valence electrons. The van der Waals surface area contributed by atoms with E-state index in [2.05, 4.69) is 87.6 Å². The molecule has 0 amide bonds. The first kappa shape index (κ1) is 13.4. The van der Waals surface area contributed by atoms with Crippen LogP contribution in [-0.4, -0.2) is 6.04 Å². The van der Waals surface area contributed by atoms with Crippen LogP contribution in [0.4, 0.5) is 11.4 Å². The second-order valence-electron chi connectivity index (χ2n) is 6.37. The maximum atomic E-state index is 3.60. The van der Waals surface area contributed by atoms with Crippen LogP contribution in [0.15, 0.2) is 71.2 Å². The Balaban J connectivity index is 1.67. The first-order valence-corrected chi connectivity index (χ1v) is 8.85. The summed E-state index contributed by atoms with van der Waals surface area (Å²) < 4.78 is 1.18. The summed E-state index contributed by atoms with van der Waals surface area (Å²) in [5, 5.41) is 0. The quantitative estimate of drug-likeness (QED) is 0.534. The van der Waals surface area contributed by atoms with E-state index in [-0.39, 0.29) is 0 Å². The zero-order valence-electron chi connectivity index (χ0n) is 12.7. The lowest BCUT2D eigenvalue weighted by molar-refractivity contribution is 0.726. The molecule has 0 spiro atoms. The Labute approximate surface area is 144 Å². The fourth-order valence-electron chi connectivity index (χ4n) is 4.12. The molecule has 0 saturated heterocycles. The van der Waals surface area contributed by atoms with E-state index in [1.54, 1.807) is 0 Å². The van der Waals surface area contributed by atoms with Gasteiger partial charge in [-0.25, -0.2) is 0 Å². The highest BCUT2D eigenvalue weighted by atomic mass is 79.9. The van der Waals surface area contributed by atoms with Crippen LogP contribution in [0.3, 0.4) is 0 Å². The molecule has 0 aliphatic carbocycles. The second kappa shape index (κ2) is 4.97. The van der Waals surface area contributed by atoms with Crippen LogP contribution >= 0.6 is 15.9 Å². The van der Waals surface area contributed by atoms with Crippen molar-refractivity contribution in [3.8, 4) is 11.1 Å². The Morgan fingerprint density at radius 1 is 0.826 bits per heavy atom. The Morgan fingerprint density at radius 2 is 1.70 bits per heavy atom. The van der Waals surface area contributed by atoms with Crippen LogP contribution in [-0.2, 0) is 12.8 Å². The van der Waals surface area contributed by atoms with Gasteiger partial charge in [0.1, 0.15) is 0 Å². The van der Waals surface area contributed by atoms with E-state index in [0.29, 0.717) is 6.04 Å². The number of fused-ring (bicyclic) bond motifs is 5. The molecule has 2 aliphatic heterocycles. The third kappa shape index (κ3) is 1.98. The molecule has 3 aromatic carbocycles. The van der Waals surface area contributed by atoms with Crippen molar-refractivity contribution in [2.75, 3.05) is 4.90 Å². The van der Waals surface area contributed by atoms with Gasteiger partial charge in [-0.1, -0.05) is 58.4 Å². The highest BCUT2D eigenvalue weighted by Gasteiger charge is 2.38. The molecule has 2 heteroatoms. The second-order valence-corrected chi connectivity index (χ2v) is 7.29. The lowest BCUT2D eigenvalue weighted by Crippen LogP contribution is -2.22. The number of hydrogen-bond acceptors (Lipinski definition) is 1. The van der Waals surface area contributed by atoms with Crippen molar-refractivity contribution in [3.05, 3.63) is 82.3 Å². The summed E-state index contributed by atoms with van der Waals surface area (Å²) >= 11 is 3.60. The summed E-state index contributed by atoms with van der Waals surface area (Å²) in [6.07, 6.45) is 2.27. The van der Waals surface area contributed by atoms with Crippen LogP contribution < -0.4 is 4.90 Å². The average molecular weight is 362 g/mol. The van der Waals surface area contributed by atoms with Gasteiger partial charge in [-0.3, -0.25) is 0 Å². The van der Waals surface area contributed by atoms with Gasteiger partial charge in [0.15, 0.2) is 0 Å². The van der Waals surface area contributed by atoms with Crippen LogP contribution in [0.1, 0.15) is 11.1 Å². The highest BCUT2D eigenvalue weighted by molar-refractivity contribution is 9.10. The average Bonchev–Trinajstić information content (AvgIpc) is 3.10. The van der Waals surface area contributed by atoms with E-state index in [1.165, 1.54) is 38.1 Å². The van der Waals surface area contributed by atoms with Gasteiger partial charge >= 0.3 is 0 Å². The molecule has 23 heavy (non-hydrogen) atoms. The van der Waals surface area contributed by atoms with E-state index >= 15 is 0 Å². The number of nitrogens with zero attached hydrogens (tertiary/aromatic N) is 1. The third-order valence-electron chi connectivity index (χ3n) is 5.06. The van der Waals surface area contributed by atoms with Gasteiger partial charge < -0.3 is 4.90 Å². The van der Waals surface area contributed by atoms with Gasteiger partial charge in [0, 0.05) is 21.9 Å². The predicted molar refractivity (Wildman–Crippen MR) is 99.4 cm³/mol. The Kier molecular flexibility index (Phi) is 2.89. The minimum Gasteiger partial charge on any atom is -0.337 e. The molecule has 2 heterocycles. The van der Waals surface area contributed by atoms with E-state index in [4.69, 9.17) is 0 Å². The largest absolute Gasteiger partial charge is 0.337 e. The van der Waals surface area contributed by atoms with Crippen LogP contribution in [0, 0.1) is 0 Å². The molecule has 1 unspecified atom stereocenters. The number of rotatable bonds is 1. The van der Waals surface area contributed by atoms with Gasteiger partial charge in [0.2, 0.25) is 0 Å². The lowest BCUT2D eigenvalue weighted by Gasteiger charge is -2.20. The fraction of sp³-hybridized carbons (Fsp3) is 0.143. The van der Waals surface area contributed by atoms with E-state index in [1.807, 2.05) is 0 Å². The first-order chi connectivity index (χ1) is 11.3. The topological polar surface area (TPSA) is 3.24 Å². The SMILES string of the molecule is Brc1ccc2c(c1)CC1Cc3c(-c4ccccc4)cccc3N21. The molecule has 1 nitrogen and oxygen atoms in total. The highest BCUT2D eigenvalue weighted by Crippen LogP contribution is 2.48. The van der Waals surface area contributed by atoms with Gasteiger partial charge in [0.05, 0.1) is 0 Å². The summed E-state index contributed by atoms with van der Waals surface area (Å²) in [7, 11) is 0. The van der Waals surface area contributed by atoms with Gasteiger partial charge in [0.25, 0.3) is 0 Å². The van der Waals surface area contributed by atoms with Gasteiger partial charge in [-0.05, 0) is 59.4 Å². The smallest absolute Gasteiger partial charge is 0.0453 e. The number of anilines is 2. The van der Waals surface area contributed by atoms with E-state index in [0.717, 1.165) is 12.8 Å². The van der Waals surface area contributed by atoms with Gasteiger partial charge in [-0.15, -0.1) is 0 Å². The minimum absolute atomic E-state index is 0.569. The summed E-state index contributed by atoms with van der Waals surface area (Å²) in [4.78, 5) is 2.55. The van der Waals surface area contributed by atoms with Crippen molar-refractivity contribution < 1.29 is 0 Å². The Hall–Kier alpha value is -2.06. The Bertz CT molecular complexity index is 901. The molecule has 3 aromatic rings. The van der Waals surface area contributed by atoms with Crippen molar-refractivity contribution >= 4 is 27.3 Å². The fourth-order valence-corrected chi connectivity index (χ4v) is 4.53. The van der Waals surface area contributed by atoms with Crippen LogP contribution in [0.25, 0.3) is 11.1 Å². The molecule has 0 fully saturated rings. The van der Waals surface area contributed by atoms with E-state index in [9.17, 15) is 0 Å². The maximum Gasteiger partial charge on any atom is 0.0453 e. The molecule has 0 radical (unpaired) electrons. The molecule has 0 saturated carbocycles. The summed E-state index contributed by atoms with van der Waals surface area (Å²) in [6, 6.07) is 24.7. The zero-order chi connectivity index (χ0) is 15.4. The van der Waals surface area contributed by atoms with Crippen LogP contribution in [0.2, 0.25) is 0 Å². The first-order valence-electron chi connectivity index (χ1n) is 8.06. The minimum atomic E-state index is 0.569. The van der Waals surface area contributed by atoms with Crippen molar-refractivity contribution in [1.29, 1.82) is 0 Å². The number of halogens is 1. The summed E-state index contributed by atoms with van der Waals surface area (Å²) in [6.45, 7) is 0. The standard InChI is InChI=1S/C21H16BrN/c22-16-9-10-20-15(11-16)12-17-13-19-18(14-5-2-1-3-6-14)7-4-8-21(19)23(17)20/h1-11,17H,12-13H2. The monoisotopic (exact) mass is 361 g/mol.